The molecule has 1 atom stereocenters. The van der Waals surface area contributed by atoms with Gasteiger partial charge in [0.1, 0.15) is 0 Å². The second-order valence-electron chi connectivity index (χ2n) is 7.71. The van der Waals surface area contributed by atoms with E-state index in [0.717, 1.165) is 16.7 Å². The van der Waals surface area contributed by atoms with Gasteiger partial charge in [-0.05, 0) is 56.5 Å². The Morgan fingerprint density at radius 1 is 0.750 bits per heavy atom. The van der Waals surface area contributed by atoms with Crippen molar-refractivity contribution in [2.45, 2.75) is 42.5 Å². The summed E-state index contributed by atoms with van der Waals surface area (Å²) < 4.78 is 58.8. The van der Waals surface area contributed by atoms with Crippen molar-refractivity contribution in [3.8, 4) is 0 Å². The first-order chi connectivity index (χ1) is 15.2. The van der Waals surface area contributed by atoms with Gasteiger partial charge in [0.25, 0.3) is 10.1 Å². The summed E-state index contributed by atoms with van der Waals surface area (Å²) in [6.07, 6.45) is 0.939. The minimum Gasteiger partial charge on any atom is -0.265 e. The van der Waals surface area contributed by atoms with Crippen molar-refractivity contribution in [3.63, 3.8) is 0 Å². The number of benzene rings is 3. The van der Waals surface area contributed by atoms with Crippen LogP contribution >= 0.6 is 0 Å². The highest BCUT2D eigenvalue weighted by atomic mass is 32.2. The molecule has 1 N–H and O–H groups in total. The van der Waals surface area contributed by atoms with Crippen LogP contribution in [0.1, 0.15) is 23.1 Å². The SMILES string of the molecule is Cc1ccc(S(=O)(=O)N[C@H](CCc2ccccc2)COS(=O)(=O)c2ccc(C)cc2)cc1. The third-order valence-corrected chi connectivity index (χ3v) is 7.84. The smallest absolute Gasteiger partial charge is 0.265 e. The molecule has 170 valence electrons. The predicted octanol–water partition coefficient (Wildman–Crippen LogP) is 3.99. The maximum atomic E-state index is 12.9. The van der Waals surface area contributed by atoms with Crippen molar-refractivity contribution in [2.24, 2.45) is 0 Å². The Kier molecular flexibility index (Phi) is 7.84. The van der Waals surface area contributed by atoms with E-state index in [1.165, 1.54) is 24.3 Å². The van der Waals surface area contributed by atoms with Crippen molar-refractivity contribution in [1.82, 2.24) is 4.72 Å². The van der Waals surface area contributed by atoms with Gasteiger partial charge in [-0.3, -0.25) is 4.18 Å². The Hall–Kier alpha value is -2.52. The lowest BCUT2D eigenvalue weighted by Gasteiger charge is -2.19. The first-order valence-corrected chi connectivity index (χ1v) is 13.1. The Balaban J connectivity index is 1.76. The highest BCUT2D eigenvalue weighted by Crippen LogP contribution is 2.17. The van der Waals surface area contributed by atoms with Gasteiger partial charge in [0.05, 0.1) is 16.4 Å². The number of nitrogens with one attached hydrogen (secondary N) is 1. The largest absolute Gasteiger partial charge is 0.297 e. The molecule has 0 unspecified atom stereocenters. The highest BCUT2D eigenvalue weighted by molar-refractivity contribution is 7.89. The van der Waals surface area contributed by atoms with Gasteiger partial charge in [0, 0.05) is 6.04 Å². The molecule has 3 aromatic carbocycles. The number of sulfonamides is 1. The number of hydrogen-bond acceptors (Lipinski definition) is 5. The zero-order chi connectivity index (χ0) is 23.2. The van der Waals surface area contributed by atoms with E-state index in [-0.39, 0.29) is 16.4 Å². The van der Waals surface area contributed by atoms with Gasteiger partial charge in [-0.25, -0.2) is 13.1 Å². The number of rotatable bonds is 10. The molecule has 0 aliphatic carbocycles. The van der Waals surface area contributed by atoms with E-state index in [2.05, 4.69) is 4.72 Å². The predicted molar refractivity (Wildman–Crippen MR) is 124 cm³/mol. The van der Waals surface area contributed by atoms with Crippen molar-refractivity contribution < 1.29 is 21.0 Å². The fourth-order valence-electron chi connectivity index (χ4n) is 3.11. The Bertz CT molecular complexity index is 1220. The van der Waals surface area contributed by atoms with Gasteiger partial charge in [-0.1, -0.05) is 65.7 Å². The van der Waals surface area contributed by atoms with E-state index in [1.807, 2.05) is 44.2 Å². The first-order valence-electron chi connectivity index (χ1n) is 10.2. The minimum absolute atomic E-state index is 0.0336. The topological polar surface area (TPSA) is 89.5 Å². The molecule has 6 nitrogen and oxygen atoms in total. The van der Waals surface area contributed by atoms with Crippen LogP contribution in [0.15, 0.2) is 88.7 Å². The van der Waals surface area contributed by atoms with Crippen LogP contribution in [0.3, 0.4) is 0 Å². The molecule has 0 spiro atoms. The summed E-state index contributed by atoms with van der Waals surface area (Å²) in [6.45, 7) is 3.42. The van der Waals surface area contributed by atoms with Gasteiger partial charge in [-0.15, -0.1) is 0 Å². The number of aryl methyl sites for hydroxylation is 3. The second kappa shape index (κ2) is 10.4. The van der Waals surface area contributed by atoms with Crippen LogP contribution < -0.4 is 4.72 Å². The van der Waals surface area contributed by atoms with Crippen LogP contribution in [0.2, 0.25) is 0 Å². The number of hydrogen-bond donors (Lipinski definition) is 1. The Morgan fingerprint density at radius 3 is 1.84 bits per heavy atom. The zero-order valence-corrected chi connectivity index (χ0v) is 19.7. The molecular weight excluding hydrogens is 446 g/mol. The molecule has 0 radical (unpaired) electrons. The molecule has 0 aliphatic rings. The molecule has 32 heavy (non-hydrogen) atoms. The fraction of sp³-hybridized carbons (Fsp3) is 0.250. The average molecular weight is 474 g/mol. The average Bonchev–Trinajstić information content (AvgIpc) is 2.77. The van der Waals surface area contributed by atoms with Crippen molar-refractivity contribution in [3.05, 3.63) is 95.6 Å². The molecule has 0 fully saturated rings. The molecule has 0 amide bonds. The normalized spacial score (nSPS) is 13.1. The van der Waals surface area contributed by atoms with Crippen molar-refractivity contribution >= 4 is 20.1 Å². The van der Waals surface area contributed by atoms with E-state index in [4.69, 9.17) is 4.18 Å². The summed E-state index contributed by atoms with van der Waals surface area (Å²) in [5.74, 6) is 0. The molecule has 0 heterocycles. The van der Waals surface area contributed by atoms with Crippen molar-refractivity contribution in [1.29, 1.82) is 0 Å². The lowest BCUT2D eigenvalue weighted by Crippen LogP contribution is -2.39. The van der Waals surface area contributed by atoms with E-state index in [1.54, 1.807) is 24.3 Å². The van der Waals surface area contributed by atoms with E-state index in [0.29, 0.717) is 12.8 Å². The van der Waals surface area contributed by atoms with Gasteiger partial charge >= 0.3 is 0 Å². The third-order valence-electron chi connectivity index (χ3n) is 5.01. The molecule has 0 saturated carbocycles. The van der Waals surface area contributed by atoms with Crippen LogP contribution in [0.25, 0.3) is 0 Å². The summed E-state index contributed by atoms with van der Waals surface area (Å²) in [7, 11) is -7.86. The summed E-state index contributed by atoms with van der Waals surface area (Å²) in [5, 5.41) is 0. The van der Waals surface area contributed by atoms with Crippen LogP contribution in [0, 0.1) is 13.8 Å². The zero-order valence-electron chi connectivity index (χ0n) is 18.1. The van der Waals surface area contributed by atoms with Gasteiger partial charge in [0.2, 0.25) is 10.0 Å². The van der Waals surface area contributed by atoms with Crippen LogP contribution in [0.5, 0.6) is 0 Å². The summed E-state index contributed by atoms with van der Waals surface area (Å²) in [4.78, 5) is 0.153. The minimum atomic E-state index is -4.02. The third kappa shape index (κ3) is 6.74. The van der Waals surface area contributed by atoms with Gasteiger partial charge < -0.3 is 0 Å². The van der Waals surface area contributed by atoms with Crippen molar-refractivity contribution in [2.75, 3.05) is 6.61 Å². The maximum Gasteiger partial charge on any atom is 0.297 e. The van der Waals surface area contributed by atoms with Crippen LogP contribution in [0.4, 0.5) is 0 Å². The second-order valence-corrected chi connectivity index (χ2v) is 11.0. The lowest BCUT2D eigenvalue weighted by atomic mass is 10.1. The quantitative estimate of drug-likeness (QED) is 0.450. The molecule has 8 heteroatoms. The Morgan fingerprint density at radius 2 is 1.28 bits per heavy atom. The highest BCUT2D eigenvalue weighted by Gasteiger charge is 2.23. The molecule has 0 bridgehead atoms. The first kappa shape index (κ1) is 24.1. The van der Waals surface area contributed by atoms with E-state index < -0.39 is 26.2 Å². The summed E-state index contributed by atoms with van der Waals surface area (Å²) >= 11 is 0. The Labute approximate surface area is 190 Å². The van der Waals surface area contributed by atoms with Crippen LogP contribution in [-0.4, -0.2) is 29.5 Å². The van der Waals surface area contributed by atoms with E-state index >= 15 is 0 Å². The summed E-state index contributed by atoms with van der Waals surface area (Å²) in [5.41, 5.74) is 2.89. The monoisotopic (exact) mass is 473 g/mol. The molecule has 0 aliphatic heterocycles. The van der Waals surface area contributed by atoms with Crippen LogP contribution in [-0.2, 0) is 30.7 Å². The molecule has 0 saturated heterocycles. The van der Waals surface area contributed by atoms with Gasteiger partial charge in [-0.2, -0.15) is 8.42 Å². The molecule has 3 rings (SSSR count). The summed E-state index contributed by atoms with van der Waals surface area (Å²) in [6, 6.07) is 21.6. The fourth-order valence-corrected chi connectivity index (χ4v) is 5.32. The lowest BCUT2D eigenvalue weighted by molar-refractivity contribution is 0.276. The maximum absolute atomic E-state index is 12.9. The standard InChI is InChI=1S/C24H27NO5S2/c1-19-8-14-23(15-9-19)31(26,27)25-22(13-12-21-6-4-3-5-7-21)18-30-32(28,29)24-16-10-20(2)11-17-24/h3-11,14-17,22,25H,12-13,18H2,1-2H3/t22-/m1/s1. The molecular formula is C24H27NO5S2. The van der Waals surface area contributed by atoms with Gasteiger partial charge in [0.15, 0.2) is 0 Å². The molecule has 0 aromatic heterocycles. The van der Waals surface area contributed by atoms with E-state index in [9.17, 15) is 16.8 Å². The molecule has 3 aromatic rings.